The third kappa shape index (κ3) is 3.12. The third-order valence-electron chi connectivity index (χ3n) is 4.07. The van der Waals surface area contributed by atoms with Crippen molar-refractivity contribution in [2.24, 2.45) is 5.73 Å². The zero-order valence-corrected chi connectivity index (χ0v) is 12.3. The summed E-state index contributed by atoms with van der Waals surface area (Å²) in [5, 5.41) is 0. The van der Waals surface area contributed by atoms with Crippen LogP contribution in [0.4, 0.5) is 4.39 Å². The van der Waals surface area contributed by atoms with Crippen molar-refractivity contribution in [3.8, 4) is 0 Å². The molecule has 1 aliphatic heterocycles. The van der Waals surface area contributed by atoms with E-state index >= 15 is 0 Å². The summed E-state index contributed by atoms with van der Waals surface area (Å²) in [6.45, 7) is 5.06. The zero-order chi connectivity index (χ0) is 14.0. The summed E-state index contributed by atoms with van der Waals surface area (Å²) in [5.41, 5.74) is 6.59. The van der Waals surface area contributed by atoms with Crippen LogP contribution in [0, 0.1) is 5.82 Å². The van der Waals surface area contributed by atoms with Gasteiger partial charge < -0.3 is 5.73 Å². The van der Waals surface area contributed by atoms with Crippen LogP contribution in [0.15, 0.2) is 18.2 Å². The van der Waals surface area contributed by atoms with Crippen LogP contribution in [0.2, 0.25) is 0 Å². The highest BCUT2D eigenvalue weighted by atomic mass is 32.1. The number of likely N-dealkylation sites (tertiary alicyclic amines) is 1. The zero-order valence-electron chi connectivity index (χ0n) is 11.5. The fraction of sp³-hybridized carbons (Fsp3) is 0.533. The van der Waals surface area contributed by atoms with Gasteiger partial charge in [0.2, 0.25) is 0 Å². The molecule has 0 aliphatic carbocycles. The second kappa shape index (κ2) is 5.97. The number of halogens is 1. The van der Waals surface area contributed by atoms with Crippen LogP contribution in [-0.2, 0) is 6.54 Å². The first kappa shape index (κ1) is 14.4. The Hall–Kier alpha value is -1.00. The molecular weight excluding hydrogens is 259 g/mol. The standard InChI is InChI=1S/C15H21FN2S/c1-10-5-3-6-11(2)18(10)9-12-7-4-8-13(14(12)16)15(17)19/h4,7-8,10-11H,3,5-6,9H2,1-2H3,(H2,17,19)/t10-,11+. The van der Waals surface area contributed by atoms with Crippen molar-refractivity contribution in [3.63, 3.8) is 0 Å². The van der Waals surface area contributed by atoms with Gasteiger partial charge in [0.15, 0.2) is 0 Å². The van der Waals surface area contributed by atoms with E-state index in [-0.39, 0.29) is 10.8 Å². The third-order valence-corrected chi connectivity index (χ3v) is 4.29. The van der Waals surface area contributed by atoms with Gasteiger partial charge in [-0.3, -0.25) is 4.90 Å². The number of thiocarbonyl (C=S) groups is 1. The van der Waals surface area contributed by atoms with E-state index in [9.17, 15) is 4.39 Å². The lowest BCUT2D eigenvalue weighted by Crippen LogP contribution is -2.43. The summed E-state index contributed by atoms with van der Waals surface area (Å²) in [7, 11) is 0. The highest BCUT2D eigenvalue weighted by Crippen LogP contribution is 2.25. The minimum absolute atomic E-state index is 0.124. The van der Waals surface area contributed by atoms with Crippen LogP contribution in [0.25, 0.3) is 0 Å². The van der Waals surface area contributed by atoms with E-state index in [1.165, 1.54) is 19.3 Å². The highest BCUT2D eigenvalue weighted by Gasteiger charge is 2.25. The predicted octanol–water partition coefficient (Wildman–Crippen LogP) is 3.22. The number of hydrogen-bond acceptors (Lipinski definition) is 2. The molecule has 0 unspecified atom stereocenters. The largest absolute Gasteiger partial charge is 0.389 e. The molecule has 0 spiro atoms. The van der Waals surface area contributed by atoms with Crippen molar-refractivity contribution >= 4 is 17.2 Å². The molecule has 0 saturated carbocycles. The van der Waals surface area contributed by atoms with Crippen LogP contribution >= 0.6 is 12.2 Å². The summed E-state index contributed by atoms with van der Waals surface area (Å²) in [5.74, 6) is -0.264. The van der Waals surface area contributed by atoms with Gasteiger partial charge in [-0.2, -0.15) is 0 Å². The summed E-state index contributed by atoms with van der Waals surface area (Å²) in [6.07, 6.45) is 3.62. The van der Waals surface area contributed by atoms with Crippen LogP contribution < -0.4 is 5.73 Å². The van der Waals surface area contributed by atoms with Crippen molar-refractivity contribution in [2.45, 2.75) is 51.7 Å². The van der Waals surface area contributed by atoms with Gasteiger partial charge in [-0.25, -0.2) is 4.39 Å². The number of piperidine rings is 1. The Labute approximate surface area is 119 Å². The molecule has 1 heterocycles. The highest BCUT2D eigenvalue weighted by molar-refractivity contribution is 7.80. The molecular formula is C15H21FN2S. The van der Waals surface area contributed by atoms with Gasteiger partial charge in [-0.05, 0) is 32.8 Å². The maximum Gasteiger partial charge on any atom is 0.137 e. The number of benzene rings is 1. The molecule has 2 atom stereocenters. The van der Waals surface area contributed by atoms with Crippen LogP contribution in [0.1, 0.15) is 44.2 Å². The SMILES string of the molecule is C[C@@H]1CCC[C@H](C)N1Cc1cccc(C(N)=S)c1F. The van der Waals surface area contributed by atoms with Gasteiger partial charge in [0.05, 0.1) is 0 Å². The minimum Gasteiger partial charge on any atom is -0.389 e. The molecule has 1 aromatic rings. The topological polar surface area (TPSA) is 29.3 Å². The summed E-state index contributed by atoms with van der Waals surface area (Å²) >= 11 is 4.88. The lowest BCUT2D eigenvalue weighted by Gasteiger charge is -2.39. The number of hydrogen-bond donors (Lipinski definition) is 1. The molecule has 1 fully saturated rings. The van der Waals surface area contributed by atoms with Crippen molar-refractivity contribution in [1.29, 1.82) is 0 Å². The molecule has 0 bridgehead atoms. The fourth-order valence-corrected chi connectivity index (χ4v) is 3.03. The van der Waals surface area contributed by atoms with Crippen LogP contribution in [-0.4, -0.2) is 22.0 Å². The molecule has 1 aliphatic rings. The average molecular weight is 280 g/mol. The minimum atomic E-state index is -0.264. The van der Waals surface area contributed by atoms with Crippen molar-refractivity contribution in [1.82, 2.24) is 4.90 Å². The van der Waals surface area contributed by atoms with E-state index < -0.39 is 0 Å². The lowest BCUT2D eigenvalue weighted by molar-refractivity contribution is 0.0940. The maximum absolute atomic E-state index is 14.3. The number of rotatable bonds is 3. The molecule has 0 radical (unpaired) electrons. The van der Waals surface area contributed by atoms with E-state index in [0.717, 1.165) is 0 Å². The fourth-order valence-electron chi connectivity index (χ4n) is 2.88. The molecule has 2 nitrogen and oxygen atoms in total. The molecule has 0 amide bonds. The van der Waals surface area contributed by atoms with Crippen molar-refractivity contribution in [3.05, 3.63) is 35.1 Å². The molecule has 104 valence electrons. The molecule has 0 aromatic heterocycles. The molecule has 1 aromatic carbocycles. The van der Waals surface area contributed by atoms with E-state index in [0.29, 0.717) is 29.8 Å². The second-order valence-electron chi connectivity index (χ2n) is 5.44. The Morgan fingerprint density at radius 1 is 1.37 bits per heavy atom. The Bertz CT molecular complexity index is 465. The van der Waals surface area contributed by atoms with E-state index in [2.05, 4.69) is 18.7 Å². The predicted molar refractivity (Wildman–Crippen MR) is 80.6 cm³/mol. The number of nitrogens with zero attached hydrogens (tertiary/aromatic N) is 1. The summed E-state index contributed by atoms with van der Waals surface area (Å²) in [4.78, 5) is 2.49. The van der Waals surface area contributed by atoms with E-state index in [1.54, 1.807) is 6.07 Å². The van der Waals surface area contributed by atoms with Crippen LogP contribution in [0.3, 0.4) is 0 Å². The maximum atomic E-state index is 14.3. The van der Waals surface area contributed by atoms with Crippen molar-refractivity contribution in [2.75, 3.05) is 0 Å². The normalized spacial score (nSPS) is 24.4. The lowest BCUT2D eigenvalue weighted by atomic mass is 9.96. The molecule has 2 N–H and O–H groups in total. The Morgan fingerprint density at radius 2 is 2.00 bits per heavy atom. The Kier molecular flexibility index (Phi) is 4.53. The van der Waals surface area contributed by atoms with Gasteiger partial charge >= 0.3 is 0 Å². The van der Waals surface area contributed by atoms with Crippen molar-refractivity contribution < 1.29 is 4.39 Å². The molecule has 2 rings (SSSR count). The van der Waals surface area contributed by atoms with E-state index in [4.69, 9.17) is 18.0 Å². The summed E-state index contributed by atoms with van der Waals surface area (Å²) in [6, 6.07) is 6.29. The average Bonchev–Trinajstić information content (AvgIpc) is 2.35. The second-order valence-corrected chi connectivity index (χ2v) is 5.88. The Morgan fingerprint density at radius 3 is 2.58 bits per heavy atom. The first-order valence-electron chi connectivity index (χ1n) is 6.83. The van der Waals surface area contributed by atoms with Gasteiger partial charge in [-0.15, -0.1) is 0 Å². The first-order valence-corrected chi connectivity index (χ1v) is 7.24. The Balaban J connectivity index is 2.23. The monoisotopic (exact) mass is 280 g/mol. The van der Waals surface area contributed by atoms with Gasteiger partial charge in [0, 0.05) is 29.8 Å². The number of nitrogens with two attached hydrogens (primary N) is 1. The first-order chi connectivity index (χ1) is 9.00. The van der Waals surface area contributed by atoms with Gasteiger partial charge in [0.25, 0.3) is 0 Å². The van der Waals surface area contributed by atoms with Gasteiger partial charge in [-0.1, -0.05) is 30.8 Å². The molecule has 4 heteroatoms. The quantitative estimate of drug-likeness (QED) is 0.862. The van der Waals surface area contributed by atoms with E-state index in [1.807, 2.05) is 12.1 Å². The molecule has 1 saturated heterocycles. The molecule has 19 heavy (non-hydrogen) atoms. The van der Waals surface area contributed by atoms with Crippen LogP contribution in [0.5, 0.6) is 0 Å². The summed E-state index contributed by atoms with van der Waals surface area (Å²) < 4.78 is 14.3. The van der Waals surface area contributed by atoms with Gasteiger partial charge in [0.1, 0.15) is 10.8 Å². The smallest absolute Gasteiger partial charge is 0.137 e.